The molecule has 0 bridgehead atoms. The van der Waals surface area contributed by atoms with Crippen LogP contribution < -0.4 is 0 Å². The molecule has 0 saturated heterocycles. The van der Waals surface area contributed by atoms with Crippen molar-refractivity contribution in [3.8, 4) is 62.1 Å². The van der Waals surface area contributed by atoms with E-state index in [1.165, 1.54) is 21.9 Å². The highest BCUT2D eigenvalue weighted by Crippen LogP contribution is 2.41. The van der Waals surface area contributed by atoms with E-state index in [1.807, 2.05) is 60.7 Å². The highest BCUT2D eigenvalue weighted by atomic mass is 15.0. The maximum atomic E-state index is 5.08. The van der Waals surface area contributed by atoms with Gasteiger partial charge >= 0.3 is 0 Å². The molecule has 0 N–H and O–H groups in total. The van der Waals surface area contributed by atoms with Crippen molar-refractivity contribution in [1.82, 2.24) is 19.5 Å². The van der Waals surface area contributed by atoms with E-state index >= 15 is 0 Å². The van der Waals surface area contributed by atoms with Crippen LogP contribution in [0.15, 0.2) is 182 Å². The summed E-state index contributed by atoms with van der Waals surface area (Å²) >= 11 is 0. The molecule has 7 aromatic carbocycles. The minimum atomic E-state index is 0.623. The minimum Gasteiger partial charge on any atom is -0.308 e. The second kappa shape index (κ2) is 12.2. The molecule has 4 nitrogen and oxygen atoms in total. The molecular formula is C45H30N4. The standard InChI is InChI=1S/C45H30N4/c1-5-16-31(17-6-1)36-29-28-35(45-47-43(33-20-9-3-10-21-33)46-44(48-45)34-22-11-4-12-23-34)30-41(36)49-40-27-14-13-24-38(40)39-26-15-25-37(42(39)49)32-18-7-2-8-19-32/h1-30H. The molecule has 4 heteroatoms. The first-order chi connectivity index (χ1) is 24.3. The molecule has 0 spiro atoms. The Bertz CT molecular complexity index is 2520. The Kier molecular flexibility index (Phi) is 7.10. The van der Waals surface area contributed by atoms with Crippen LogP contribution >= 0.6 is 0 Å². The van der Waals surface area contributed by atoms with Crippen molar-refractivity contribution in [3.05, 3.63) is 182 Å². The number of aromatic nitrogens is 4. The number of benzene rings is 7. The van der Waals surface area contributed by atoms with Crippen molar-refractivity contribution in [3.63, 3.8) is 0 Å². The van der Waals surface area contributed by atoms with Crippen LogP contribution in [-0.4, -0.2) is 19.5 Å². The van der Waals surface area contributed by atoms with Crippen LogP contribution in [0, 0.1) is 0 Å². The molecule has 2 aromatic heterocycles. The number of para-hydroxylation sites is 2. The summed E-state index contributed by atoms with van der Waals surface area (Å²) in [6, 6.07) is 63.4. The third kappa shape index (κ3) is 5.16. The second-order valence-electron chi connectivity index (χ2n) is 12.1. The lowest BCUT2D eigenvalue weighted by atomic mass is 9.99. The Morgan fingerprint density at radius 1 is 0.327 bits per heavy atom. The first kappa shape index (κ1) is 28.6. The van der Waals surface area contributed by atoms with E-state index in [-0.39, 0.29) is 0 Å². The summed E-state index contributed by atoms with van der Waals surface area (Å²) in [7, 11) is 0. The zero-order chi connectivity index (χ0) is 32.6. The van der Waals surface area contributed by atoms with Gasteiger partial charge in [0.2, 0.25) is 0 Å². The lowest BCUT2D eigenvalue weighted by molar-refractivity contribution is 1.07. The molecule has 0 saturated carbocycles. The molecule has 2 heterocycles. The molecule has 0 radical (unpaired) electrons. The number of rotatable bonds is 6. The summed E-state index contributed by atoms with van der Waals surface area (Å²) < 4.78 is 2.43. The van der Waals surface area contributed by atoms with Crippen molar-refractivity contribution < 1.29 is 0 Å². The van der Waals surface area contributed by atoms with Crippen LogP contribution in [0.4, 0.5) is 0 Å². The third-order valence-corrected chi connectivity index (χ3v) is 9.06. The Morgan fingerprint density at radius 2 is 0.796 bits per heavy atom. The first-order valence-electron chi connectivity index (χ1n) is 16.5. The average molecular weight is 627 g/mol. The molecule has 230 valence electrons. The molecule has 49 heavy (non-hydrogen) atoms. The molecule has 0 amide bonds. The summed E-state index contributed by atoms with van der Waals surface area (Å²) in [5.41, 5.74) is 10.8. The summed E-state index contributed by atoms with van der Waals surface area (Å²) in [6.45, 7) is 0. The fraction of sp³-hybridized carbons (Fsp3) is 0. The lowest BCUT2D eigenvalue weighted by Crippen LogP contribution is -2.02. The van der Waals surface area contributed by atoms with Gasteiger partial charge in [-0.15, -0.1) is 0 Å². The normalized spacial score (nSPS) is 11.3. The number of hydrogen-bond acceptors (Lipinski definition) is 3. The maximum Gasteiger partial charge on any atom is 0.164 e. The van der Waals surface area contributed by atoms with Crippen LogP contribution in [0.1, 0.15) is 0 Å². The maximum absolute atomic E-state index is 5.08. The fourth-order valence-electron chi connectivity index (χ4n) is 6.77. The largest absolute Gasteiger partial charge is 0.308 e. The molecule has 9 rings (SSSR count). The molecule has 0 fully saturated rings. The Balaban J connectivity index is 1.36. The summed E-state index contributed by atoms with van der Waals surface area (Å²) in [4.78, 5) is 15.1. The van der Waals surface area contributed by atoms with E-state index < -0.39 is 0 Å². The van der Waals surface area contributed by atoms with Gasteiger partial charge < -0.3 is 4.57 Å². The first-order valence-corrected chi connectivity index (χ1v) is 16.5. The Labute approximate surface area is 284 Å². The van der Waals surface area contributed by atoms with E-state index in [0.29, 0.717) is 17.5 Å². The van der Waals surface area contributed by atoms with Gasteiger partial charge in [-0.05, 0) is 23.3 Å². The molecule has 0 aliphatic rings. The molecule has 9 aromatic rings. The van der Waals surface area contributed by atoms with Crippen LogP contribution in [0.25, 0.3) is 83.9 Å². The highest BCUT2D eigenvalue weighted by molar-refractivity contribution is 6.14. The Morgan fingerprint density at radius 3 is 1.39 bits per heavy atom. The van der Waals surface area contributed by atoms with Crippen molar-refractivity contribution in [2.24, 2.45) is 0 Å². The Hall–Kier alpha value is -6.65. The highest BCUT2D eigenvalue weighted by Gasteiger charge is 2.20. The van der Waals surface area contributed by atoms with Crippen molar-refractivity contribution in [2.75, 3.05) is 0 Å². The van der Waals surface area contributed by atoms with Gasteiger partial charge in [0.25, 0.3) is 0 Å². The van der Waals surface area contributed by atoms with E-state index in [0.717, 1.165) is 44.5 Å². The zero-order valence-electron chi connectivity index (χ0n) is 26.6. The van der Waals surface area contributed by atoms with E-state index in [4.69, 9.17) is 15.0 Å². The minimum absolute atomic E-state index is 0.623. The van der Waals surface area contributed by atoms with Crippen LogP contribution in [0.2, 0.25) is 0 Å². The quantitative estimate of drug-likeness (QED) is 0.184. The third-order valence-electron chi connectivity index (χ3n) is 9.06. The fourth-order valence-corrected chi connectivity index (χ4v) is 6.77. The van der Waals surface area contributed by atoms with Crippen LogP contribution in [-0.2, 0) is 0 Å². The van der Waals surface area contributed by atoms with Gasteiger partial charge in [-0.1, -0.05) is 170 Å². The number of nitrogens with zero attached hydrogens (tertiary/aromatic N) is 4. The van der Waals surface area contributed by atoms with E-state index in [9.17, 15) is 0 Å². The summed E-state index contributed by atoms with van der Waals surface area (Å²) in [6.07, 6.45) is 0. The molecular weight excluding hydrogens is 597 g/mol. The topological polar surface area (TPSA) is 43.6 Å². The molecule has 0 unspecified atom stereocenters. The number of fused-ring (bicyclic) bond motifs is 3. The van der Waals surface area contributed by atoms with Crippen LogP contribution in [0.3, 0.4) is 0 Å². The average Bonchev–Trinajstić information content (AvgIpc) is 3.53. The SMILES string of the molecule is c1ccc(-c2nc(-c3ccccc3)nc(-c3ccc(-c4ccccc4)c(-n4c5ccccc5c5cccc(-c6ccccc6)c54)c3)n2)cc1. The summed E-state index contributed by atoms with van der Waals surface area (Å²) in [5, 5.41) is 2.41. The van der Waals surface area contributed by atoms with Gasteiger partial charge in [0.15, 0.2) is 17.5 Å². The van der Waals surface area contributed by atoms with Gasteiger partial charge in [-0.3, -0.25) is 0 Å². The van der Waals surface area contributed by atoms with Crippen molar-refractivity contribution in [2.45, 2.75) is 0 Å². The van der Waals surface area contributed by atoms with Crippen molar-refractivity contribution >= 4 is 21.8 Å². The van der Waals surface area contributed by atoms with Gasteiger partial charge in [0.05, 0.1) is 16.7 Å². The summed E-state index contributed by atoms with van der Waals surface area (Å²) in [5.74, 6) is 1.90. The van der Waals surface area contributed by atoms with Crippen LogP contribution in [0.5, 0.6) is 0 Å². The van der Waals surface area contributed by atoms with Gasteiger partial charge in [-0.25, -0.2) is 15.0 Å². The smallest absolute Gasteiger partial charge is 0.164 e. The predicted molar refractivity (Wildman–Crippen MR) is 201 cm³/mol. The molecule has 0 aliphatic carbocycles. The number of hydrogen-bond donors (Lipinski definition) is 0. The monoisotopic (exact) mass is 626 g/mol. The lowest BCUT2D eigenvalue weighted by Gasteiger charge is -2.18. The van der Waals surface area contributed by atoms with Gasteiger partial charge in [0.1, 0.15) is 0 Å². The van der Waals surface area contributed by atoms with E-state index in [2.05, 4.69) is 126 Å². The zero-order valence-corrected chi connectivity index (χ0v) is 26.6. The molecule has 0 atom stereocenters. The van der Waals surface area contributed by atoms with Gasteiger partial charge in [-0.2, -0.15) is 0 Å². The molecule has 0 aliphatic heterocycles. The van der Waals surface area contributed by atoms with E-state index in [1.54, 1.807) is 0 Å². The second-order valence-corrected chi connectivity index (χ2v) is 12.1. The predicted octanol–water partition coefficient (Wildman–Crippen LogP) is 11.3. The van der Waals surface area contributed by atoms with Gasteiger partial charge in [0, 0.05) is 38.6 Å². The van der Waals surface area contributed by atoms with Crippen molar-refractivity contribution in [1.29, 1.82) is 0 Å².